The summed E-state index contributed by atoms with van der Waals surface area (Å²) in [6.45, 7) is 1.81. The molecule has 1 aliphatic rings. The highest BCUT2D eigenvalue weighted by Crippen LogP contribution is 2.25. The molecule has 1 saturated carbocycles. The van der Waals surface area contributed by atoms with E-state index in [9.17, 15) is 4.39 Å². The fourth-order valence-corrected chi connectivity index (χ4v) is 1.85. The molecule has 1 aromatic rings. The van der Waals surface area contributed by atoms with E-state index < -0.39 is 0 Å². The average molecular weight is 238 g/mol. The van der Waals surface area contributed by atoms with E-state index in [1.807, 2.05) is 0 Å². The second-order valence-corrected chi connectivity index (χ2v) is 4.52. The van der Waals surface area contributed by atoms with Crippen molar-refractivity contribution in [1.29, 1.82) is 0 Å². The lowest BCUT2D eigenvalue weighted by atomic mass is 10.2. The van der Waals surface area contributed by atoms with Crippen molar-refractivity contribution in [2.24, 2.45) is 5.73 Å². The minimum absolute atomic E-state index is 0.270. The van der Waals surface area contributed by atoms with Crippen LogP contribution in [0.5, 0.6) is 5.75 Å². The van der Waals surface area contributed by atoms with Gasteiger partial charge in [-0.05, 0) is 38.1 Å². The van der Waals surface area contributed by atoms with Crippen molar-refractivity contribution in [2.75, 3.05) is 20.2 Å². The van der Waals surface area contributed by atoms with Crippen LogP contribution in [0.4, 0.5) is 4.39 Å². The van der Waals surface area contributed by atoms with Crippen molar-refractivity contribution in [3.05, 3.63) is 29.6 Å². The largest absolute Gasteiger partial charge is 0.492 e. The Bertz CT molecular complexity index is 380. The number of hydrogen-bond acceptors (Lipinski definition) is 3. The molecule has 4 heteroatoms. The Hall–Kier alpha value is -1.13. The van der Waals surface area contributed by atoms with Crippen LogP contribution in [0.1, 0.15) is 18.4 Å². The zero-order valence-electron chi connectivity index (χ0n) is 10.2. The van der Waals surface area contributed by atoms with E-state index in [0.717, 1.165) is 18.2 Å². The Labute approximate surface area is 101 Å². The lowest BCUT2D eigenvalue weighted by molar-refractivity contribution is 0.230. The van der Waals surface area contributed by atoms with Gasteiger partial charge in [-0.25, -0.2) is 4.39 Å². The summed E-state index contributed by atoms with van der Waals surface area (Å²) in [5, 5.41) is 0. The summed E-state index contributed by atoms with van der Waals surface area (Å²) in [5.74, 6) is 0.422. The van der Waals surface area contributed by atoms with Crippen molar-refractivity contribution in [1.82, 2.24) is 4.90 Å². The molecule has 2 N–H and O–H groups in total. The Kier molecular flexibility index (Phi) is 3.97. The van der Waals surface area contributed by atoms with E-state index in [0.29, 0.717) is 18.9 Å². The summed E-state index contributed by atoms with van der Waals surface area (Å²) in [7, 11) is 2.11. The summed E-state index contributed by atoms with van der Waals surface area (Å²) < 4.78 is 18.6. The topological polar surface area (TPSA) is 38.5 Å². The third-order valence-corrected chi connectivity index (χ3v) is 3.11. The normalized spacial score (nSPS) is 15.3. The van der Waals surface area contributed by atoms with Gasteiger partial charge < -0.3 is 15.4 Å². The number of nitrogens with zero attached hydrogens (tertiary/aromatic N) is 1. The van der Waals surface area contributed by atoms with Gasteiger partial charge in [0, 0.05) is 24.7 Å². The van der Waals surface area contributed by atoms with Crippen LogP contribution in [0, 0.1) is 5.82 Å². The maximum atomic E-state index is 13.0. The van der Waals surface area contributed by atoms with Crippen LogP contribution in [0.3, 0.4) is 0 Å². The van der Waals surface area contributed by atoms with Crippen LogP contribution < -0.4 is 10.5 Å². The van der Waals surface area contributed by atoms with E-state index in [2.05, 4.69) is 11.9 Å². The predicted octanol–water partition coefficient (Wildman–Crippen LogP) is 1.76. The molecule has 1 aliphatic carbocycles. The lowest BCUT2D eigenvalue weighted by Gasteiger charge is -2.17. The number of nitrogens with two attached hydrogens (primary N) is 1. The molecule has 0 bridgehead atoms. The van der Waals surface area contributed by atoms with Crippen molar-refractivity contribution < 1.29 is 9.13 Å². The molecule has 0 unspecified atom stereocenters. The molecule has 0 spiro atoms. The highest BCUT2D eigenvalue weighted by Gasteiger charge is 2.25. The second kappa shape index (κ2) is 5.47. The Morgan fingerprint density at radius 2 is 2.24 bits per heavy atom. The molecule has 0 saturated heterocycles. The molecule has 94 valence electrons. The van der Waals surface area contributed by atoms with Crippen molar-refractivity contribution in [3.63, 3.8) is 0 Å². The first-order valence-electron chi connectivity index (χ1n) is 6.02. The number of rotatable bonds is 6. The van der Waals surface area contributed by atoms with E-state index in [1.165, 1.54) is 25.0 Å². The van der Waals surface area contributed by atoms with Gasteiger partial charge in [0.2, 0.25) is 0 Å². The Morgan fingerprint density at radius 3 is 2.88 bits per heavy atom. The number of ether oxygens (including phenoxy) is 1. The van der Waals surface area contributed by atoms with Crippen molar-refractivity contribution >= 4 is 0 Å². The number of halogens is 1. The van der Waals surface area contributed by atoms with Gasteiger partial charge in [0.15, 0.2) is 0 Å². The molecular formula is C13H19FN2O. The van der Waals surface area contributed by atoms with Gasteiger partial charge in [0.1, 0.15) is 18.2 Å². The van der Waals surface area contributed by atoms with E-state index in [4.69, 9.17) is 10.5 Å². The minimum atomic E-state index is -0.270. The van der Waals surface area contributed by atoms with Crippen LogP contribution in [0.25, 0.3) is 0 Å². The van der Waals surface area contributed by atoms with Gasteiger partial charge in [-0.3, -0.25) is 0 Å². The molecule has 0 radical (unpaired) electrons. The van der Waals surface area contributed by atoms with E-state index >= 15 is 0 Å². The summed E-state index contributed by atoms with van der Waals surface area (Å²) in [6, 6.07) is 5.22. The monoisotopic (exact) mass is 238 g/mol. The van der Waals surface area contributed by atoms with Crippen molar-refractivity contribution in [2.45, 2.75) is 25.4 Å². The molecule has 2 rings (SSSR count). The smallest absolute Gasteiger partial charge is 0.124 e. The molecule has 1 fully saturated rings. The van der Waals surface area contributed by atoms with Crippen LogP contribution in [0.15, 0.2) is 18.2 Å². The zero-order chi connectivity index (χ0) is 12.3. The maximum Gasteiger partial charge on any atom is 0.124 e. The maximum absolute atomic E-state index is 13.0. The fraction of sp³-hybridized carbons (Fsp3) is 0.538. The van der Waals surface area contributed by atoms with E-state index in [-0.39, 0.29) is 5.82 Å². The zero-order valence-corrected chi connectivity index (χ0v) is 10.2. The molecule has 0 atom stereocenters. The minimum Gasteiger partial charge on any atom is -0.492 e. The lowest BCUT2D eigenvalue weighted by Crippen LogP contribution is -2.26. The molecule has 1 aromatic carbocycles. The molecule has 0 heterocycles. The van der Waals surface area contributed by atoms with E-state index in [1.54, 1.807) is 6.07 Å². The summed E-state index contributed by atoms with van der Waals surface area (Å²) >= 11 is 0. The molecule has 3 nitrogen and oxygen atoms in total. The number of benzene rings is 1. The molecule has 0 aromatic heterocycles. The number of hydrogen-bond donors (Lipinski definition) is 1. The third-order valence-electron chi connectivity index (χ3n) is 3.11. The Morgan fingerprint density at radius 1 is 1.47 bits per heavy atom. The van der Waals surface area contributed by atoms with Gasteiger partial charge in [0.05, 0.1) is 0 Å². The van der Waals surface area contributed by atoms with Gasteiger partial charge in [-0.1, -0.05) is 0 Å². The molecule has 0 aliphatic heterocycles. The van der Waals surface area contributed by atoms with Crippen molar-refractivity contribution in [3.8, 4) is 5.75 Å². The predicted molar refractivity (Wildman–Crippen MR) is 65.4 cm³/mol. The highest BCUT2D eigenvalue weighted by atomic mass is 19.1. The summed E-state index contributed by atoms with van der Waals surface area (Å²) in [5.41, 5.74) is 6.27. The standard InChI is InChI=1S/C13H19FN2O/c1-16(12-3-4-12)6-7-17-13-5-2-11(14)8-10(13)9-15/h2,5,8,12H,3-4,6-7,9,15H2,1H3. The van der Waals surface area contributed by atoms with Gasteiger partial charge in [-0.15, -0.1) is 0 Å². The quantitative estimate of drug-likeness (QED) is 0.820. The van der Waals surface area contributed by atoms with Crippen LogP contribution in [-0.2, 0) is 6.54 Å². The molecular weight excluding hydrogens is 219 g/mol. The van der Waals surface area contributed by atoms with Gasteiger partial charge in [0.25, 0.3) is 0 Å². The number of likely N-dealkylation sites (N-methyl/N-ethyl adjacent to an activating group) is 1. The van der Waals surface area contributed by atoms with Gasteiger partial charge in [-0.2, -0.15) is 0 Å². The fourth-order valence-electron chi connectivity index (χ4n) is 1.85. The second-order valence-electron chi connectivity index (χ2n) is 4.52. The average Bonchev–Trinajstić information content (AvgIpc) is 3.14. The highest BCUT2D eigenvalue weighted by molar-refractivity contribution is 5.33. The van der Waals surface area contributed by atoms with Crippen LogP contribution in [-0.4, -0.2) is 31.1 Å². The van der Waals surface area contributed by atoms with Gasteiger partial charge >= 0.3 is 0 Å². The summed E-state index contributed by atoms with van der Waals surface area (Å²) in [4.78, 5) is 2.30. The first-order chi connectivity index (χ1) is 8.20. The first-order valence-corrected chi connectivity index (χ1v) is 6.02. The first kappa shape index (κ1) is 12.3. The molecule has 17 heavy (non-hydrogen) atoms. The van der Waals surface area contributed by atoms with Crippen LogP contribution in [0.2, 0.25) is 0 Å². The SMILES string of the molecule is CN(CCOc1ccc(F)cc1CN)C1CC1. The third kappa shape index (κ3) is 3.41. The summed E-state index contributed by atoms with van der Waals surface area (Å²) in [6.07, 6.45) is 2.59. The Balaban J connectivity index is 1.85. The van der Waals surface area contributed by atoms with Crippen LogP contribution >= 0.6 is 0 Å². The molecule has 0 amide bonds.